The molecule has 0 radical (unpaired) electrons. The zero-order valence-electron chi connectivity index (χ0n) is 20.6. The number of carboxylic acids is 1. The summed E-state index contributed by atoms with van der Waals surface area (Å²) < 4.78 is 46.6. The third-order valence-corrected chi connectivity index (χ3v) is 6.83. The Bertz CT molecular complexity index is 1650. The second-order valence-electron chi connectivity index (χ2n) is 9.09. The number of nitrogens with zero attached hydrogens (tertiary/aromatic N) is 4. The average molecular weight is 524 g/mol. The van der Waals surface area contributed by atoms with Crippen LogP contribution >= 0.6 is 0 Å². The minimum Gasteiger partial charge on any atom is -0.478 e. The molecule has 0 atom stereocenters. The Kier molecular flexibility index (Phi) is 6.53. The summed E-state index contributed by atoms with van der Waals surface area (Å²) in [4.78, 5) is 30.3. The van der Waals surface area contributed by atoms with Gasteiger partial charge in [0.15, 0.2) is 5.82 Å². The van der Waals surface area contributed by atoms with Gasteiger partial charge in [0.25, 0.3) is 5.56 Å². The zero-order chi connectivity index (χ0) is 27.1. The predicted molar refractivity (Wildman–Crippen MR) is 137 cm³/mol. The van der Waals surface area contributed by atoms with Crippen molar-refractivity contribution in [1.82, 2.24) is 19.0 Å². The number of aryl methyl sites for hydroxylation is 1. The van der Waals surface area contributed by atoms with Crippen molar-refractivity contribution in [2.45, 2.75) is 13.0 Å². The number of benzene rings is 1. The molecule has 0 unspecified atom stereocenters. The van der Waals surface area contributed by atoms with E-state index in [1.54, 1.807) is 18.3 Å². The van der Waals surface area contributed by atoms with Crippen LogP contribution in [-0.2, 0) is 13.6 Å². The molecule has 11 heteroatoms. The van der Waals surface area contributed by atoms with Gasteiger partial charge in [0, 0.05) is 62.6 Å². The highest BCUT2D eigenvalue weighted by Crippen LogP contribution is 2.30. The first-order valence-electron chi connectivity index (χ1n) is 11.9. The van der Waals surface area contributed by atoms with E-state index in [2.05, 4.69) is 15.2 Å². The van der Waals surface area contributed by atoms with Gasteiger partial charge in [-0.2, -0.15) is 0 Å². The number of rotatable bonds is 6. The molecule has 0 saturated heterocycles. The number of carbonyl (C=O) groups is 1. The van der Waals surface area contributed by atoms with E-state index in [0.717, 1.165) is 24.0 Å². The van der Waals surface area contributed by atoms with Crippen LogP contribution < -0.4 is 10.9 Å². The Labute approximate surface area is 215 Å². The SMILES string of the molecule is CNc1cc(=O)n(-c2ccnc3c2cc(CN2CC=C(c4c(F)cc(C(=O)O)cc4F)CC2)n3C)cc1F. The van der Waals surface area contributed by atoms with E-state index < -0.39 is 34.5 Å². The van der Waals surface area contributed by atoms with Crippen molar-refractivity contribution in [3.05, 3.63) is 93.4 Å². The molecule has 196 valence electrons. The molecule has 38 heavy (non-hydrogen) atoms. The highest BCUT2D eigenvalue weighted by Gasteiger charge is 2.22. The third kappa shape index (κ3) is 4.45. The maximum atomic E-state index is 14.5. The van der Waals surface area contributed by atoms with Gasteiger partial charge in [0.1, 0.15) is 17.3 Å². The highest BCUT2D eigenvalue weighted by atomic mass is 19.1. The molecule has 4 aromatic rings. The molecule has 0 amide bonds. The first kappa shape index (κ1) is 25.3. The average Bonchev–Trinajstić information content (AvgIpc) is 3.20. The van der Waals surface area contributed by atoms with Crippen molar-refractivity contribution in [1.29, 1.82) is 0 Å². The Morgan fingerprint density at radius 2 is 1.87 bits per heavy atom. The van der Waals surface area contributed by atoms with E-state index in [1.807, 2.05) is 17.7 Å². The largest absolute Gasteiger partial charge is 0.478 e. The van der Waals surface area contributed by atoms with Crippen molar-refractivity contribution >= 4 is 28.3 Å². The number of anilines is 1. The zero-order valence-corrected chi connectivity index (χ0v) is 20.6. The lowest BCUT2D eigenvalue weighted by Gasteiger charge is -2.27. The number of carboxylic acid groups (broad SMARTS) is 1. The molecular weight excluding hydrogens is 499 g/mol. The Hall–Kier alpha value is -4.38. The molecule has 0 spiro atoms. The lowest BCUT2D eigenvalue weighted by atomic mass is 9.97. The van der Waals surface area contributed by atoms with Crippen LogP contribution in [0.2, 0.25) is 0 Å². The fraction of sp³-hybridized carbons (Fsp3) is 0.222. The molecule has 1 aromatic carbocycles. The minimum absolute atomic E-state index is 0.111. The van der Waals surface area contributed by atoms with Crippen LogP contribution in [0.15, 0.2) is 53.6 Å². The van der Waals surface area contributed by atoms with E-state index in [9.17, 15) is 22.8 Å². The summed E-state index contributed by atoms with van der Waals surface area (Å²) >= 11 is 0. The van der Waals surface area contributed by atoms with Gasteiger partial charge >= 0.3 is 5.97 Å². The number of fused-ring (bicyclic) bond motifs is 1. The molecule has 3 aromatic heterocycles. The molecule has 0 bridgehead atoms. The Morgan fingerprint density at radius 1 is 1.13 bits per heavy atom. The van der Waals surface area contributed by atoms with Gasteiger partial charge < -0.3 is 15.0 Å². The minimum atomic E-state index is -1.39. The van der Waals surface area contributed by atoms with Crippen molar-refractivity contribution < 1.29 is 23.1 Å². The van der Waals surface area contributed by atoms with Crippen molar-refractivity contribution in [3.63, 3.8) is 0 Å². The molecule has 2 N–H and O–H groups in total. The van der Waals surface area contributed by atoms with Crippen LogP contribution in [-0.4, -0.2) is 50.2 Å². The van der Waals surface area contributed by atoms with Crippen molar-refractivity contribution in [2.24, 2.45) is 7.05 Å². The van der Waals surface area contributed by atoms with Gasteiger partial charge in [-0.15, -0.1) is 0 Å². The van der Waals surface area contributed by atoms with E-state index >= 15 is 0 Å². The van der Waals surface area contributed by atoms with Crippen molar-refractivity contribution in [2.75, 3.05) is 25.5 Å². The van der Waals surface area contributed by atoms with Gasteiger partial charge in [-0.3, -0.25) is 14.3 Å². The van der Waals surface area contributed by atoms with Crippen LogP contribution in [0, 0.1) is 17.5 Å². The summed E-state index contributed by atoms with van der Waals surface area (Å²) in [6, 6.07) is 6.41. The van der Waals surface area contributed by atoms with E-state index in [1.165, 1.54) is 17.7 Å². The maximum absolute atomic E-state index is 14.5. The lowest BCUT2D eigenvalue weighted by molar-refractivity contribution is 0.0695. The number of hydrogen-bond donors (Lipinski definition) is 2. The fourth-order valence-electron chi connectivity index (χ4n) is 4.82. The molecule has 5 rings (SSSR count). The van der Waals surface area contributed by atoms with Gasteiger partial charge in [-0.1, -0.05) is 6.08 Å². The number of hydrogen-bond acceptors (Lipinski definition) is 5. The molecular formula is C27H24F3N5O3. The number of nitrogens with one attached hydrogen (secondary N) is 1. The quantitative estimate of drug-likeness (QED) is 0.394. The van der Waals surface area contributed by atoms with Crippen LogP contribution in [0.3, 0.4) is 0 Å². The molecule has 8 nitrogen and oxygen atoms in total. The number of aromatic nitrogens is 3. The summed E-state index contributed by atoms with van der Waals surface area (Å²) in [5.41, 5.74) is 1.58. The van der Waals surface area contributed by atoms with E-state index in [-0.39, 0.29) is 11.3 Å². The number of halogens is 3. The van der Waals surface area contributed by atoms with Gasteiger partial charge in [-0.25, -0.2) is 22.9 Å². The smallest absolute Gasteiger partial charge is 0.335 e. The molecule has 1 aliphatic heterocycles. The second-order valence-corrected chi connectivity index (χ2v) is 9.09. The topological polar surface area (TPSA) is 92.4 Å². The van der Waals surface area contributed by atoms with Gasteiger partial charge in [0.2, 0.25) is 0 Å². The number of pyridine rings is 2. The predicted octanol–water partition coefficient (Wildman–Crippen LogP) is 4.17. The first-order valence-corrected chi connectivity index (χ1v) is 11.9. The fourth-order valence-corrected chi connectivity index (χ4v) is 4.82. The van der Waals surface area contributed by atoms with E-state index in [0.29, 0.717) is 48.3 Å². The van der Waals surface area contributed by atoms with Gasteiger partial charge in [-0.05, 0) is 36.3 Å². The van der Waals surface area contributed by atoms with Crippen LogP contribution in [0.5, 0.6) is 0 Å². The normalized spacial score (nSPS) is 14.1. The third-order valence-electron chi connectivity index (χ3n) is 6.83. The monoisotopic (exact) mass is 523 g/mol. The standard InChI is InChI=1S/C27H24F3N5O3/c1-31-22-12-24(36)35(14-21(22)30)23-3-6-32-26-18(23)11-17(33(26)2)13-34-7-4-15(5-8-34)25-19(28)9-16(27(37)38)10-20(25)29/h3-4,6,9-12,14,31H,5,7-8,13H2,1-2H3,(H,37,38). The van der Waals surface area contributed by atoms with Crippen LogP contribution in [0.4, 0.5) is 18.9 Å². The second kappa shape index (κ2) is 9.82. The van der Waals surface area contributed by atoms with Crippen LogP contribution in [0.1, 0.15) is 28.0 Å². The summed E-state index contributed by atoms with van der Waals surface area (Å²) in [5.74, 6) is -3.75. The highest BCUT2D eigenvalue weighted by molar-refractivity contribution is 5.88. The molecule has 1 aliphatic rings. The Balaban J connectivity index is 1.42. The summed E-state index contributed by atoms with van der Waals surface area (Å²) in [7, 11) is 3.39. The first-order chi connectivity index (χ1) is 18.2. The summed E-state index contributed by atoms with van der Waals surface area (Å²) in [5, 5.41) is 12.4. The van der Waals surface area contributed by atoms with Crippen LogP contribution in [0.25, 0.3) is 22.3 Å². The molecule has 4 heterocycles. The lowest BCUT2D eigenvalue weighted by Crippen LogP contribution is -2.29. The van der Waals surface area contributed by atoms with Crippen molar-refractivity contribution in [3.8, 4) is 5.69 Å². The van der Waals surface area contributed by atoms with Gasteiger partial charge in [0.05, 0.1) is 23.1 Å². The van der Waals surface area contributed by atoms with E-state index in [4.69, 9.17) is 5.11 Å². The Morgan fingerprint density at radius 3 is 2.50 bits per heavy atom. The molecule has 0 fully saturated rings. The maximum Gasteiger partial charge on any atom is 0.335 e. The molecule has 0 saturated carbocycles. The summed E-state index contributed by atoms with van der Waals surface area (Å²) in [6.45, 7) is 1.44. The summed E-state index contributed by atoms with van der Waals surface area (Å²) in [6.07, 6.45) is 4.82. The number of aromatic carboxylic acids is 1. The molecule has 0 aliphatic carbocycles.